The van der Waals surface area contributed by atoms with Crippen molar-refractivity contribution < 1.29 is 69.1 Å². The van der Waals surface area contributed by atoms with Crippen molar-refractivity contribution in [2.45, 2.75) is 19.2 Å². The van der Waals surface area contributed by atoms with Gasteiger partial charge in [-0.15, -0.1) is 0 Å². The summed E-state index contributed by atoms with van der Waals surface area (Å²) >= 11 is 0. The zero-order chi connectivity index (χ0) is 9.19. The molecule has 1 aliphatic heterocycles. The molecule has 1 amide bonds. The van der Waals surface area contributed by atoms with E-state index in [4.69, 9.17) is 0 Å². The van der Waals surface area contributed by atoms with Crippen molar-refractivity contribution in [1.82, 2.24) is 5.32 Å². The van der Waals surface area contributed by atoms with Crippen LogP contribution in [0.2, 0.25) is 6.32 Å². The van der Waals surface area contributed by atoms with Crippen molar-refractivity contribution in [3.05, 3.63) is 0 Å². The molecule has 1 unspecified atom stereocenters. The minimum Gasteiger partial charge on any atom is -0.449 e. The number of nitrogens with one attached hydrogen (secondary N) is 1. The van der Waals surface area contributed by atoms with E-state index < -0.39 is 19.2 Å². The Morgan fingerprint density at radius 3 is 2.54 bits per heavy atom. The van der Waals surface area contributed by atoms with Crippen LogP contribution in [0.15, 0.2) is 0 Å². The Balaban J connectivity index is 0.00000144. The van der Waals surface area contributed by atoms with Gasteiger partial charge in [-0.05, 0) is 6.42 Å². The van der Waals surface area contributed by atoms with E-state index in [1.807, 2.05) is 0 Å². The van der Waals surface area contributed by atoms with Gasteiger partial charge in [-0.3, -0.25) is 4.79 Å². The van der Waals surface area contributed by atoms with Gasteiger partial charge >= 0.3 is 58.4 Å². The summed E-state index contributed by atoms with van der Waals surface area (Å²) in [5, 5.41) is 2.50. The van der Waals surface area contributed by atoms with Gasteiger partial charge in [0, 0.05) is 13.0 Å². The first kappa shape index (κ1) is 14.0. The zero-order valence-electron chi connectivity index (χ0n) is 7.53. The van der Waals surface area contributed by atoms with E-state index in [0.29, 0.717) is 13.0 Å². The molecule has 1 fully saturated rings. The van der Waals surface area contributed by atoms with Crippen molar-refractivity contribution in [2.24, 2.45) is 5.92 Å². The molecule has 1 N–H and O–H groups in total. The van der Waals surface area contributed by atoms with Gasteiger partial charge < -0.3 is 18.3 Å². The first-order chi connectivity index (χ1) is 5.47. The van der Waals surface area contributed by atoms with Gasteiger partial charge in [-0.2, -0.15) is 0 Å². The molecule has 0 aromatic rings. The molecular formula is C6H10BF3KNO. The van der Waals surface area contributed by atoms with Gasteiger partial charge in [-0.1, -0.05) is 12.2 Å². The number of hydrogen-bond donors (Lipinski definition) is 1. The van der Waals surface area contributed by atoms with E-state index in [-0.39, 0.29) is 63.7 Å². The Morgan fingerprint density at radius 2 is 2.08 bits per heavy atom. The second-order valence-electron chi connectivity index (χ2n) is 3.15. The predicted octanol–water partition coefficient (Wildman–Crippen LogP) is -1.64. The molecule has 0 spiro atoms. The fraction of sp³-hybridized carbons (Fsp3) is 0.833. The molecule has 2 nitrogen and oxygen atoms in total. The Hall–Kier alpha value is 0.961. The normalized spacial score (nSPS) is 23.3. The summed E-state index contributed by atoms with van der Waals surface area (Å²) in [5.74, 6) is -0.745. The zero-order valence-corrected chi connectivity index (χ0v) is 10.6. The standard InChI is InChI=1S/C6H10BF3NO.K/c8-7(9,10)4-5-1-2-11-6(12)3-5;/h5H,1-4H2,(H,11,12);/q-1;+1. The summed E-state index contributed by atoms with van der Waals surface area (Å²) in [4.78, 5) is 10.7. The van der Waals surface area contributed by atoms with Gasteiger partial charge in [0.25, 0.3) is 0 Å². The van der Waals surface area contributed by atoms with Gasteiger partial charge in [-0.25, -0.2) is 0 Å². The van der Waals surface area contributed by atoms with Crippen molar-refractivity contribution in [2.75, 3.05) is 6.54 Å². The molecule has 7 heteroatoms. The maximum atomic E-state index is 11.9. The fourth-order valence-corrected chi connectivity index (χ4v) is 1.43. The topological polar surface area (TPSA) is 29.1 Å². The largest absolute Gasteiger partial charge is 1.00 e. The molecule has 0 aliphatic carbocycles. The van der Waals surface area contributed by atoms with E-state index in [0.717, 1.165) is 0 Å². The van der Waals surface area contributed by atoms with Crippen LogP contribution in [0.25, 0.3) is 0 Å². The summed E-state index contributed by atoms with van der Waals surface area (Å²) in [7, 11) is 0. The molecule has 1 atom stereocenters. The molecule has 1 heterocycles. The molecule has 0 aromatic carbocycles. The minimum atomic E-state index is -4.73. The monoisotopic (exact) mass is 219 g/mol. The van der Waals surface area contributed by atoms with Crippen LogP contribution in [-0.4, -0.2) is 19.4 Å². The van der Waals surface area contributed by atoms with Crippen LogP contribution in [0.1, 0.15) is 12.8 Å². The summed E-state index contributed by atoms with van der Waals surface area (Å²) in [5.41, 5.74) is 0. The molecule has 1 saturated heterocycles. The molecule has 70 valence electrons. The van der Waals surface area contributed by atoms with Crippen LogP contribution in [0.3, 0.4) is 0 Å². The van der Waals surface area contributed by atoms with Gasteiger partial charge in [0.2, 0.25) is 5.91 Å². The Kier molecular flexibility index (Phi) is 6.17. The van der Waals surface area contributed by atoms with Crippen LogP contribution in [0, 0.1) is 5.92 Å². The second kappa shape index (κ2) is 5.75. The number of carbonyl (C=O) groups is 1. The van der Waals surface area contributed by atoms with E-state index in [1.165, 1.54) is 0 Å². The first-order valence-electron chi connectivity index (χ1n) is 3.95. The molecule has 0 aromatic heterocycles. The Labute approximate surface area is 117 Å². The molecule has 0 bridgehead atoms. The molecular weight excluding hydrogens is 209 g/mol. The first-order valence-corrected chi connectivity index (χ1v) is 3.95. The number of hydrogen-bond acceptors (Lipinski definition) is 1. The third-order valence-electron chi connectivity index (χ3n) is 1.95. The van der Waals surface area contributed by atoms with E-state index in [2.05, 4.69) is 5.32 Å². The maximum Gasteiger partial charge on any atom is 1.00 e. The van der Waals surface area contributed by atoms with Crippen LogP contribution in [0.5, 0.6) is 0 Å². The smallest absolute Gasteiger partial charge is 0.449 e. The van der Waals surface area contributed by atoms with Crippen LogP contribution in [0.4, 0.5) is 12.9 Å². The number of piperidine rings is 1. The van der Waals surface area contributed by atoms with Crippen LogP contribution >= 0.6 is 0 Å². The van der Waals surface area contributed by atoms with Crippen molar-refractivity contribution >= 4 is 12.9 Å². The summed E-state index contributed by atoms with van der Waals surface area (Å²) < 4.78 is 35.7. The number of halogens is 3. The van der Waals surface area contributed by atoms with E-state index >= 15 is 0 Å². The van der Waals surface area contributed by atoms with E-state index in [1.54, 1.807) is 0 Å². The average Bonchev–Trinajstić information content (AvgIpc) is 1.82. The third-order valence-corrected chi connectivity index (χ3v) is 1.95. The molecule has 13 heavy (non-hydrogen) atoms. The number of carbonyl (C=O) groups excluding carboxylic acids is 1. The summed E-state index contributed by atoms with van der Waals surface area (Å²) in [6.45, 7) is -4.34. The Morgan fingerprint density at radius 1 is 1.46 bits per heavy atom. The Bertz CT molecular complexity index is 187. The summed E-state index contributed by atoms with van der Waals surface area (Å²) in [6, 6.07) is 0. The van der Waals surface area contributed by atoms with Gasteiger partial charge in [0.15, 0.2) is 0 Å². The summed E-state index contributed by atoms with van der Waals surface area (Å²) in [6.07, 6.45) is -0.290. The fourth-order valence-electron chi connectivity index (χ4n) is 1.43. The number of amides is 1. The molecule has 1 aliphatic rings. The van der Waals surface area contributed by atoms with Crippen LogP contribution in [-0.2, 0) is 4.79 Å². The second-order valence-corrected chi connectivity index (χ2v) is 3.15. The predicted molar refractivity (Wildman–Crippen MR) is 39.6 cm³/mol. The van der Waals surface area contributed by atoms with Gasteiger partial charge in [0.1, 0.15) is 0 Å². The van der Waals surface area contributed by atoms with E-state index in [9.17, 15) is 17.7 Å². The quantitative estimate of drug-likeness (QED) is 0.555. The third kappa shape index (κ3) is 6.11. The SMILES string of the molecule is O=C1CC(C[B-](F)(F)F)CCN1.[K+]. The van der Waals surface area contributed by atoms with Crippen molar-refractivity contribution in [3.63, 3.8) is 0 Å². The van der Waals surface area contributed by atoms with Gasteiger partial charge in [0.05, 0.1) is 0 Å². The maximum absolute atomic E-state index is 11.9. The number of rotatable bonds is 2. The average molecular weight is 219 g/mol. The van der Waals surface area contributed by atoms with Crippen molar-refractivity contribution in [1.29, 1.82) is 0 Å². The minimum absolute atomic E-state index is 0. The van der Waals surface area contributed by atoms with Crippen LogP contribution < -0.4 is 56.7 Å². The van der Waals surface area contributed by atoms with Crippen molar-refractivity contribution in [3.8, 4) is 0 Å². The molecule has 0 radical (unpaired) electrons. The molecule has 0 saturated carbocycles. The molecule has 1 rings (SSSR count).